The molecule has 7 nitrogen and oxygen atoms in total. The van der Waals surface area contributed by atoms with Gasteiger partial charge in [0.2, 0.25) is 11.8 Å². The molecule has 3 rings (SSSR count). The first-order valence-corrected chi connectivity index (χ1v) is 11.9. The van der Waals surface area contributed by atoms with E-state index in [2.05, 4.69) is 5.32 Å². The van der Waals surface area contributed by atoms with E-state index in [9.17, 15) is 18.0 Å². The Hall–Kier alpha value is -2.58. The van der Waals surface area contributed by atoms with E-state index in [0.29, 0.717) is 40.6 Å². The van der Waals surface area contributed by atoms with Gasteiger partial charge in [-0.25, -0.2) is 8.42 Å². The highest BCUT2D eigenvalue weighted by Crippen LogP contribution is 2.38. The Bertz CT molecular complexity index is 1130. The molecule has 0 unspecified atom stereocenters. The molecule has 1 N–H and O–H groups in total. The summed E-state index contributed by atoms with van der Waals surface area (Å²) in [4.78, 5) is 27.4. The Labute approximate surface area is 188 Å². The maximum absolute atomic E-state index is 13.9. The first kappa shape index (κ1) is 23.1. The number of hydrogen-bond acceptors (Lipinski definition) is 4. The van der Waals surface area contributed by atoms with Gasteiger partial charge in [-0.15, -0.1) is 0 Å². The monoisotopic (exact) mass is 463 g/mol. The molecule has 1 aliphatic rings. The van der Waals surface area contributed by atoms with Crippen molar-refractivity contribution in [3.8, 4) is 0 Å². The Morgan fingerprint density at radius 2 is 1.77 bits per heavy atom. The molecule has 0 bridgehead atoms. The summed E-state index contributed by atoms with van der Waals surface area (Å²) in [5.74, 6) is -0.820. The second-order valence-corrected chi connectivity index (χ2v) is 9.65. The van der Waals surface area contributed by atoms with Gasteiger partial charge in [-0.1, -0.05) is 23.7 Å². The van der Waals surface area contributed by atoms with Crippen molar-refractivity contribution >= 4 is 44.8 Å². The average molecular weight is 464 g/mol. The van der Waals surface area contributed by atoms with E-state index in [0.717, 1.165) is 4.31 Å². The molecular weight excluding hydrogens is 438 g/mol. The molecule has 0 fully saturated rings. The van der Waals surface area contributed by atoms with Crippen molar-refractivity contribution in [3.63, 3.8) is 0 Å². The number of nitrogens with one attached hydrogen (secondary N) is 1. The average Bonchev–Trinajstić information content (AvgIpc) is 2.71. The van der Waals surface area contributed by atoms with Gasteiger partial charge in [0.1, 0.15) is 6.04 Å². The number of amides is 2. The third-order valence-corrected chi connectivity index (χ3v) is 7.83. The topological polar surface area (TPSA) is 86.8 Å². The molecule has 31 heavy (non-hydrogen) atoms. The van der Waals surface area contributed by atoms with Gasteiger partial charge in [-0.2, -0.15) is 0 Å². The minimum absolute atomic E-state index is 0.0548. The van der Waals surface area contributed by atoms with Crippen LogP contribution in [0.15, 0.2) is 41.3 Å². The SMILES string of the molecule is CCN(CC)C(=O)C[C@@H]1C(=O)Nc2ccccc2N1S(=O)(=O)c1cc(C)c(Cl)cc1C. The van der Waals surface area contributed by atoms with Gasteiger partial charge in [0.25, 0.3) is 10.0 Å². The van der Waals surface area contributed by atoms with Crippen LogP contribution in [0.5, 0.6) is 0 Å². The molecule has 9 heteroatoms. The molecule has 0 aliphatic carbocycles. The van der Waals surface area contributed by atoms with Crippen molar-refractivity contribution in [2.24, 2.45) is 0 Å². The summed E-state index contributed by atoms with van der Waals surface area (Å²) < 4.78 is 28.8. The summed E-state index contributed by atoms with van der Waals surface area (Å²) >= 11 is 6.17. The molecule has 0 radical (unpaired) electrons. The summed E-state index contributed by atoms with van der Waals surface area (Å²) in [5.41, 5.74) is 1.78. The second kappa shape index (κ2) is 8.88. The number of anilines is 2. The smallest absolute Gasteiger partial charge is 0.265 e. The second-order valence-electron chi connectivity index (χ2n) is 7.46. The lowest BCUT2D eigenvalue weighted by molar-refractivity contribution is -0.133. The molecule has 0 saturated carbocycles. The number of benzene rings is 2. The van der Waals surface area contributed by atoms with Crippen molar-refractivity contribution in [2.45, 2.75) is 45.1 Å². The molecule has 2 amide bonds. The van der Waals surface area contributed by atoms with E-state index in [1.165, 1.54) is 6.07 Å². The zero-order valence-corrected chi connectivity index (χ0v) is 19.5. The van der Waals surface area contributed by atoms with Crippen molar-refractivity contribution in [2.75, 3.05) is 22.7 Å². The Kier molecular flexibility index (Phi) is 6.62. The predicted octanol–water partition coefficient (Wildman–Crippen LogP) is 3.73. The van der Waals surface area contributed by atoms with Gasteiger partial charge >= 0.3 is 0 Å². The van der Waals surface area contributed by atoms with E-state index in [1.807, 2.05) is 13.8 Å². The number of sulfonamides is 1. The maximum atomic E-state index is 13.9. The normalized spacial score (nSPS) is 16.0. The highest BCUT2D eigenvalue weighted by molar-refractivity contribution is 7.93. The van der Waals surface area contributed by atoms with Gasteiger partial charge in [0.15, 0.2) is 0 Å². The van der Waals surface area contributed by atoms with E-state index in [-0.39, 0.29) is 17.2 Å². The number of fused-ring (bicyclic) bond motifs is 1. The highest BCUT2D eigenvalue weighted by atomic mass is 35.5. The van der Waals surface area contributed by atoms with Crippen LogP contribution in [0.2, 0.25) is 5.02 Å². The van der Waals surface area contributed by atoms with Crippen LogP contribution in [-0.2, 0) is 19.6 Å². The van der Waals surface area contributed by atoms with E-state index < -0.39 is 22.0 Å². The molecule has 0 aromatic heterocycles. The Morgan fingerprint density at radius 3 is 2.42 bits per heavy atom. The lowest BCUT2D eigenvalue weighted by Crippen LogP contribution is -2.53. The minimum atomic E-state index is -4.17. The zero-order valence-electron chi connectivity index (χ0n) is 18.0. The molecule has 1 aliphatic heterocycles. The van der Waals surface area contributed by atoms with E-state index in [1.54, 1.807) is 49.1 Å². The molecule has 2 aromatic rings. The fourth-order valence-electron chi connectivity index (χ4n) is 3.74. The summed E-state index contributed by atoms with van der Waals surface area (Å²) in [6, 6.07) is 8.56. The van der Waals surface area contributed by atoms with Crippen molar-refractivity contribution in [3.05, 3.63) is 52.5 Å². The molecule has 166 valence electrons. The molecule has 1 atom stereocenters. The third-order valence-electron chi connectivity index (χ3n) is 5.46. The summed E-state index contributed by atoms with van der Waals surface area (Å²) in [6.07, 6.45) is -0.257. The van der Waals surface area contributed by atoms with Crippen LogP contribution in [-0.4, -0.2) is 44.3 Å². The number of hydrogen-bond donors (Lipinski definition) is 1. The first-order chi connectivity index (χ1) is 14.6. The molecule has 0 saturated heterocycles. The highest BCUT2D eigenvalue weighted by Gasteiger charge is 2.42. The summed E-state index contributed by atoms with van der Waals surface area (Å²) in [6.45, 7) is 8.01. The minimum Gasteiger partial charge on any atom is -0.343 e. The quantitative estimate of drug-likeness (QED) is 0.707. The fourth-order valence-corrected chi connectivity index (χ4v) is 5.89. The van der Waals surface area contributed by atoms with Gasteiger partial charge < -0.3 is 10.2 Å². The third kappa shape index (κ3) is 4.27. The van der Waals surface area contributed by atoms with Crippen LogP contribution in [0.25, 0.3) is 0 Å². The van der Waals surface area contributed by atoms with Crippen molar-refractivity contribution in [1.29, 1.82) is 0 Å². The fraction of sp³-hybridized carbons (Fsp3) is 0.364. The van der Waals surface area contributed by atoms with E-state index >= 15 is 0 Å². The number of halogens is 1. The molecule has 2 aromatic carbocycles. The van der Waals surface area contributed by atoms with Crippen LogP contribution < -0.4 is 9.62 Å². The van der Waals surface area contributed by atoms with Crippen LogP contribution in [0.3, 0.4) is 0 Å². The molecule has 1 heterocycles. The first-order valence-electron chi connectivity index (χ1n) is 10.1. The largest absolute Gasteiger partial charge is 0.343 e. The number of para-hydroxylation sites is 2. The lowest BCUT2D eigenvalue weighted by Gasteiger charge is -2.37. The van der Waals surface area contributed by atoms with Crippen molar-refractivity contribution < 1.29 is 18.0 Å². The Morgan fingerprint density at radius 1 is 1.13 bits per heavy atom. The standard InChI is InChI=1S/C22H26ClN3O4S/c1-5-25(6-2)21(27)13-19-22(28)24-17-9-7-8-10-18(17)26(19)31(29,30)20-12-14(3)16(23)11-15(20)4/h7-12,19H,5-6,13H2,1-4H3,(H,24,28)/t19-/m1/s1. The van der Waals surface area contributed by atoms with Gasteiger partial charge in [-0.3, -0.25) is 13.9 Å². The van der Waals surface area contributed by atoms with Crippen LogP contribution >= 0.6 is 11.6 Å². The molecular formula is C22H26ClN3O4S. The van der Waals surface area contributed by atoms with Crippen molar-refractivity contribution in [1.82, 2.24) is 4.90 Å². The maximum Gasteiger partial charge on any atom is 0.265 e. The number of carbonyl (C=O) groups excluding carboxylic acids is 2. The number of nitrogens with zero attached hydrogens (tertiary/aromatic N) is 2. The Balaban J connectivity index is 2.17. The predicted molar refractivity (Wildman–Crippen MR) is 122 cm³/mol. The van der Waals surface area contributed by atoms with Crippen LogP contribution in [0, 0.1) is 13.8 Å². The van der Waals surface area contributed by atoms with Gasteiger partial charge in [-0.05, 0) is 63.1 Å². The van der Waals surface area contributed by atoms with Crippen LogP contribution in [0.4, 0.5) is 11.4 Å². The number of carbonyl (C=O) groups is 2. The van der Waals surface area contributed by atoms with Gasteiger partial charge in [0.05, 0.1) is 22.7 Å². The lowest BCUT2D eigenvalue weighted by atomic mass is 10.1. The number of aryl methyl sites for hydroxylation is 2. The van der Waals surface area contributed by atoms with Crippen LogP contribution in [0.1, 0.15) is 31.4 Å². The van der Waals surface area contributed by atoms with Gasteiger partial charge in [0, 0.05) is 18.1 Å². The summed E-state index contributed by atoms with van der Waals surface area (Å²) in [7, 11) is -4.17. The number of rotatable bonds is 6. The zero-order chi connectivity index (χ0) is 22.9. The van der Waals surface area contributed by atoms with E-state index in [4.69, 9.17) is 11.6 Å². The molecule has 0 spiro atoms. The summed E-state index contributed by atoms with van der Waals surface area (Å²) in [5, 5.41) is 3.20.